The largest absolute Gasteiger partial charge is 0.417 e. The van der Waals surface area contributed by atoms with E-state index in [4.69, 9.17) is 0 Å². The van der Waals surface area contributed by atoms with Crippen LogP contribution in [0, 0.1) is 56.7 Å². The van der Waals surface area contributed by atoms with Crippen LogP contribution in [0.3, 0.4) is 0 Å². The van der Waals surface area contributed by atoms with Crippen molar-refractivity contribution in [3.05, 3.63) is 263 Å². The Balaban J connectivity index is 1.13. The van der Waals surface area contributed by atoms with E-state index in [1.165, 1.54) is 18.2 Å². The third-order valence-corrected chi connectivity index (χ3v) is 15.8. The standard InChI is InChI=1S/C73H37F6N7/c74-72(75,76)63-2-1-3-64(73(77,78)79)71(63)56-21-27-58(70(37-56)86-67-30-24-54(50-17-8-45(40-82)9-18-50)35-61(67)62-36-55(25-31-68(62)86)51-19-10-46(41-83)11-20-51)57-26-12-47(42-84)32-69(57)85-65-28-22-52(48-13-4-43(38-80)5-14-48)33-59(65)60-34-53(23-29-66(60)85)49-15-6-44(39-81)7-16-49/h1-37H. The molecule has 0 unspecified atom stereocenters. The molecule has 2 aromatic heterocycles. The molecule has 0 atom stereocenters. The van der Waals surface area contributed by atoms with Crippen molar-refractivity contribution in [1.29, 1.82) is 26.3 Å². The second-order valence-electron chi connectivity index (χ2n) is 20.7. The van der Waals surface area contributed by atoms with Gasteiger partial charge in [0.25, 0.3) is 0 Å². The fraction of sp³-hybridized carbons (Fsp3) is 0.0274. The normalized spacial score (nSPS) is 11.5. The first-order valence-electron chi connectivity index (χ1n) is 26.8. The van der Waals surface area contributed by atoms with Crippen molar-refractivity contribution < 1.29 is 26.3 Å². The van der Waals surface area contributed by atoms with Crippen LogP contribution in [0.5, 0.6) is 0 Å². The SMILES string of the molecule is N#Cc1ccc(-c2ccc3c(c2)c2cc(-c4ccc(C#N)cc4)ccc2n3-c2cc(C#N)ccc2-c2ccc(-c3c(C(F)(F)F)cccc3C(F)(F)F)cc2-n2c3ccc(-c4ccc(C#N)cc4)cc3c3cc(-c4ccc(C#N)cc4)ccc32)cc1. The Morgan fingerprint density at radius 1 is 0.267 bits per heavy atom. The van der Waals surface area contributed by atoms with E-state index in [1.54, 1.807) is 66.7 Å². The predicted octanol–water partition coefficient (Wildman–Crippen LogP) is 19.3. The summed E-state index contributed by atoms with van der Waals surface area (Å²) in [7, 11) is 0. The van der Waals surface area contributed by atoms with Crippen molar-refractivity contribution in [1.82, 2.24) is 9.13 Å². The van der Waals surface area contributed by atoms with Gasteiger partial charge in [-0.1, -0.05) is 97.1 Å². The fourth-order valence-electron chi connectivity index (χ4n) is 11.7. The number of fused-ring (bicyclic) bond motifs is 6. The summed E-state index contributed by atoms with van der Waals surface area (Å²) in [5.41, 5.74) is 8.23. The van der Waals surface area contributed by atoms with Crippen LogP contribution in [0.25, 0.3) is 122 Å². The molecule has 0 aliphatic rings. The van der Waals surface area contributed by atoms with E-state index in [2.05, 4.69) is 30.3 Å². The molecule has 0 N–H and O–H groups in total. The molecule has 2 heterocycles. The number of benzene rings is 11. The number of hydrogen-bond donors (Lipinski definition) is 0. The lowest BCUT2D eigenvalue weighted by atomic mass is 9.90. The van der Waals surface area contributed by atoms with Crippen LogP contribution in [-0.2, 0) is 12.4 Å². The van der Waals surface area contributed by atoms with E-state index >= 15 is 26.3 Å². The van der Waals surface area contributed by atoms with Crippen LogP contribution < -0.4 is 0 Å². The Hall–Kier alpha value is -12.0. The molecule has 0 amide bonds. The summed E-state index contributed by atoms with van der Waals surface area (Å²) in [6.07, 6.45) is -10.4. The minimum Gasteiger partial charge on any atom is -0.309 e. The van der Waals surface area contributed by atoms with Gasteiger partial charge in [-0.3, -0.25) is 0 Å². The Labute approximate surface area is 487 Å². The van der Waals surface area contributed by atoms with Crippen molar-refractivity contribution in [3.8, 4) is 108 Å². The summed E-state index contributed by atoms with van der Waals surface area (Å²) in [5.74, 6) is 0. The first-order chi connectivity index (χ1) is 41.6. The van der Waals surface area contributed by atoms with E-state index in [0.29, 0.717) is 84.0 Å². The van der Waals surface area contributed by atoms with Crippen LogP contribution in [-0.4, -0.2) is 9.13 Å². The smallest absolute Gasteiger partial charge is 0.309 e. The minimum atomic E-state index is -5.21. The van der Waals surface area contributed by atoms with E-state index in [9.17, 15) is 26.3 Å². The fourth-order valence-corrected chi connectivity index (χ4v) is 11.7. The number of hydrogen-bond acceptors (Lipinski definition) is 5. The van der Waals surface area contributed by atoms with Crippen molar-refractivity contribution in [3.63, 3.8) is 0 Å². The zero-order valence-electron chi connectivity index (χ0n) is 44.8. The summed E-state index contributed by atoms with van der Waals surface area (Å²) >= 11 is 0. The van der Waals surface area contributed by atoms with E-state index in [-0.39, 0.29) is 16.8 Å². The first kappa shape index (κ1) is 53.4. The maximum Gasteiger partial charge on any atom is 0.417 e. The summed E-state index contributed by atoms with van der Waals surface area (Å²) in [5, 5.41) is 52.1. The van der Waals surface area contributed by atoms with Gasteiger partial charge in [0.1, 0.15) is 0 Å². The van der Waals surface area contributed by atoms with E-state index in [0.717, 1.165) is 61.3 Å². The number of rotatable bonds is 8. The molecular formula is C73H37F6N7. The number of nitriles is 5. The predicted molar refractivity (Wildman–Crippen MR) is 321 cm³/mol. The summed E-state index contributed by atoms with van der Waals surface area (Å²) in [6, 6.07) is 74.0. The molecule has 11 aromatic carbocycles. The quantitative estimate of drug-likeness (QED) is 0.140. The molecule has 0 spiro atoms. The van der Waals surface area contributed by atoms with Crippen molar-refractivity contribution in [2.45, 2.75) is 12.4 Å². The van der Waals surface area contributed by atoms with Gasteiger partial charge in [-0.15, -0.1) is 0 Å². The van der Waals surface area contributed by atoms with E-state index in [1.807, 2.05) is 130 Å². The lowest BCUT2D eigenvalue weighted by Crippen LogP contribution is -2.14. The van der Waals surface area contributed by atoms with E-state index < -0.39 is 29.0 Å². The summed E-state index contributed by atoms with van der Waals surface area (Å²) < 4.78 is 95.4. The Bertz CT molecular complexity index is 4910. The van der Waals surface area contributed by atoms with Crippen LogP contribution >= 0.6 is 0 Å². The highest BCUT2D eigenvalue weighted by Gasteiger charge is 2.41. The Kier molecular flexibility index (Phi) is 12.9. The third-order valence-electron chi connectivity index (χ3n) is 15.8. The Morgan fingerprint density at radius 2 is 0.535 bits per heavy atom. The van der Waals surface area contributed by atoms with Gasteiger partial charge in [0, 0.05) is 38.2 Å². The van der Waals surface area contributed by atoms with Gasteiger partial charge in [-0.2, -0.15) is 52.7 Å². The zero-order valence-corrected chi connectivity index (χ0v) is 44.8. The zero-order chi connectivity index (χ0) is 59.6. The third kappa shape index (κ3) is 9.27. The summed E-state index contributed by atoms with van der Waals surface area (Å²) in [6.45, 7) is 0. The second kappa shape index (κ2) is 20.8. The average Bonchev–Trinajstić information content (AvgIpc) is 2.07. The Morgan fingerprint density at radius 3 is 0.837 bits per heavy atom. The molecule has 0 fully saturated rings. The first-order valence-corrected chi connectivity index (χ1v) is 26.8. The van der Waals surface area contributed by atoms with Crippen LogP contribution in [0.1, 0.15) is 38.9 Å². The topological polar surface area (TPSA) is 129 Å². The molecule has 0 bridgehead atoms. The highest BCUT2D eigenvalue weighted by molar-refractivity contribution is 6.14. The number of nitrogens with zero attached hydrogens (tertiary/aromatic N) is 7. The second-order valence-corrected chi connectivity index (χ2v) is 20.7. The van der Waals surface area contributed by atoms with Crippen molar-refractivity contribution in [2.24, 2.45) is 0 Å². The number of aromatic nitrogens is 2. The maximum atomic E-state index is 15.3. The monoisotopic (exact) mass is 1130 g/mol. The lowest BCUT2D eigenvalue weighted by molar-refractivity contribution is -0.142. The minimum absolute atomic E-state index is 0.211. The van der Waals surface area contributed by atoms with Crippen molar-refractivity contribution >= 4 is 43.6 Å². The molecule has 0 saturated carbocycles. The van der Waals surface area contributed by atoms with Gasteiger partial charge in [-0.05, 0) is 177 Å². The van der Waals surface area contributed by atoms with Crippen LogP contribution in [0.15, 0.2) is 224 Å². The molecule has 0 radical (unpaired) electrons. The maximum absolute atomic E-state index is 15.3. The highest BCUT2D eigenvalue weighted by atomic mass is 19.4. The molecule has 13 heteroatoms. The molecule has 0 saturated heterocycles. The van der Waals surface area contributed by atoms with Gasteiger partial charge < -0.3 is 9.13 Å². The van der Waals surface area contributed by atoms with Crippen LogP contribution in [0.4, 0.5) is 26.3 Å². The highest BCUT2D eigenvalue weighted by Crippen LogP contribution is 2.49. The molecule has 86 heavy (non-hydrogen) atoms. The molecule has 13 aromatic rings. The van der Waals surface area contributed by atoms with Gasteiger partial charge in [0.05, 0.1) is 103 Å². The average molecular weight is 1130 g/mol. The van der Waals surface area contributed by atoms with Gasteiger partial charge in [0.15, 0.2) is 0 Å². The molecule has 7 nitrogen and oxygen atoms in total. The van der Waals surface area contributed by atoms with Gasteiger partial charge in [-0.25, -0.2) is 0 Å². The molecule has 0 aliphatic carbocycles. The molecule has 406 valence electrons. The number of alkyl halides is 6. The van der Waals surface area contributed by atoms with Crippen LogP contribution in [0.2, 0.25) is 0 Å². The van der Waals surface area contributed by atoms with Gasteiger partial charge >= 0.3 is 12.4 Å². The van der Waals surface area contributed by atoms with Crippen molar-refractivity contribution in [2.75, 3.05) is 0 Å². The molecule has 13 rings (SSSR count). The molecule has 0 aliphatic heterocycles. The number of halogens is 6. The molecular weight excluding hydrogens is 1090 g/mol. The summed E-state index contributed by atoms with van der Waals surface area (Å²) in [4.78, 5) is 0. The lowest BCUT2D eigenvalue weighted by Gasteiger charge is -2.22. The van der Waals surface area contributed by atoms with Gasteiger partial charge in [0.2, 0.25) is 0 Å².